The zero-order valence-corrected chi connectivity index (χ0v) is 14.2. The number of hydrogen-bond donors (Lipinski definition) is 1. The average Bonchev–Trinajstić information content (AvgIpc) is 3.19. The number of carbonyl (C=O) groups excluding carboxylic acids is 2. The van der Waals surface area contributed by atoms with Crippen molar-refractivity contribution in [2.45, 2.75) is 58.1 Å². The fraction of sp³-hybridized carbons (Fsp3) is 0.667. The molecule has 5 nitrogen and oxygen atoms in total. The van der Waals surface area contributed by atoms with Gasteiger partial charge in [0.05, 0.1) is 6.10 Å². The van der Waals surface area contributed by atoms with Crippen molar-refractivity contribution >= 4 is 11.7 Å². The van der Waals surface area contributed by atoms with Gasteiger partial charge >= 0.3 is 0 Å². The Balaban J connectivity index is 1.75. The quantitative estimate of drug-likeness (QED) is 0.849. The van der Waals surface area contributed by atoms with Crippen LogP contribution in [0, 0.1) is 5.41 Å². The Morgan fingerprint density at radius 1 is 1.39 bits per heavy atom. The maximum Gasteiger partial charge on any atom is 0.270 e. The fourth-order valence-electron chi connectivity index (χ4n) is 4.45. The first-order valence-electron chi connectivity index (χ1n) is 8.57. The minimum absolute atomic E-state index is 0.0322. The molecule has 126 valence electrons. The van der Waals surface area contributed by atoms with Crippen molar-refractivity contribution in [1.82, 2.24) is 9.88 Å². The Morgan fingerprint density at radius 3 is 2.65 bits per heavy atom. The van der Waals surface area contributed by atoms with E-state index in [4.69, 9.17) is 4.74 Å². The van der Waals surface area contributed by atoms with Crippen molar-refractivity contribution in [1.29, 1.82) is 0 Å². The van der Waals surface area contributed by atoms with Crippen LogP contribution in [0.2, 0.25) is 0 Å². The van der Waals surface area contributed by atoms with Gasteiger partial charge in [-0.25, -0.2) is 0 Å². The van der Waals surface area contributed by atoms with Crippen LogP contribution in [0.4, 0.5) is 0 Å². The highest BCUT2D eigenvalue weighted by molar-refractivity contribution is 5.99. The number of rotatable bonds is 5. The Morgan fingerprint density at radius 2 is 2.09 bits per heavy atom. The second-order valence-corrected chi connectivity index (χ2v) is 6.91. The standard InChI is InChI=1S/C18H26N2O3/c1-4-23-16-10-15(18(16)7-5-6-8-18)20(3)17(22)14-9-13(11-19-14)12(2)21/h9,11,15-16,19H,4-8,10H2,1-3H3/t15-,16-/m1/s1. The molecule has 1 aromatic rings. The lowest BCUT2D eigenvalue weighted by molar-refractivity contribution is -0.152. The highest BCUT2D eigenvalue weighted by atomic mass is 16.5. The second kappa shape index (κ2) is 6.11. The Hall–Kier alpha value is -1.62. The van der Waals surface area contributed by atoms with E-state index in [1.54, 1.807) is 12.3 Å². The number of Topliss-reactive ketones (excluding diaryl/α,β-unsaturated/α-hetero) is 1. The van der Waals surface area contributed by atoms with Gasteiger partial charge in [-0.1, -0.05) is 12.8 Å². The number of aromatic nitrogens is 1. The van der Waals surface area contributed by atoms with E-state index in [-0.39, 0.29) is 29.3 Å². The van der Waals surface area contributed by atoms with E-state index in [1.807, 2.05) is 18.9 Å². The van der Waals surface area contributed by atoms with E-state index in [1.165, 1.54) is 19.8 Å². The van der Waals surface area contributed by atoms with Gasteiger partial charge in [-0.2, -0.15) is 0 Å². The maximum absolute atomic E-state index is 12.8. The van der Waals surface area contributed by atoms with Crippen LogP contribution in [0.1, 0.15) is 66.8 Å². The molecule has 3 rings (SSSR count). The van der Waals surface area contributed by atoms with Crippen molar-refractivity contribution in [3.63, 3.8) is 0 Å². The van der Waals surface area contributed by atoms with Crippen LogP contribution in [-0.2, 0) is 4.74 Å². The smallest absolute Gasteiger partial charge is 0.270 e. The summed E-state index contributed by atoms with van der Waals surface area (Å²) < 4.78 is 5.93. The monoisotopic (exact) mass is 318 g/mol. The first kappa shape index (κ1) is 16.2. The number of H-pyrrole nitrogens is 1. The molecule has 1 spiro atoms. The molecule has 23 heavy (non-hydrogen) atoms. The molecule has 2 atom stereocenters. The molecule has 1 amide bonds. The van der Waals surface area contributed by atoms with Gasteiger partial charge in [0, 0.05) is 36.9 Å². The number of aromatic amines is 1. The molecule has 0 aliphatic heterocycles. The first-order chi connectivity index (χ1) is 11.0. The fourth-order valence-corrected chi connectivity index (χ4v) is 4.45. The minimum atomic E-state index is -0.0382. The van der Waals surface area contributed by atoms with Crippen LogP contribution >= 0.6 is 0 Å². The molecule has 0 saturated heterocycles. The Bertz CT molecular complexity index is 601. The van der Waals surface area contributed by atoms with Crippen molar-refractivity contribution in [2.75, 3.05) is 13.7 Å². The van der Waals surface area contributed by atoms with Crippen molar-refractivity contribution in [3.8, 4) is 0 Å². The largest absolute Gasteiger partial charge is 0.378 e. The molecule has 0 bridgehead atoms. The van der Waals surface area contributed by atoms with Crippen LogP contribution in [0.5, 0.6) is 0 Å². The molecule has 0 radical (unpaired) electrons. The van der Waals surface area contributed by atoms with Gasteiger partial charge in [-0.05, 0) is 39.2 Å². The Labute approximate surface area is 137 Å². The van der Waals surface area contributed by atoms with Crippen LogP contribution in [0.3, 0.4) is 0 Å². The molecule has 2 aliphatic carbocycles. The molecule has 2 aliphatic rings. The van der Waals surface area contributed by atoms with E-state index in [0.717, 1.165) is 25.9 Å². The number of ketones is 1. The number of hydrogen-bond acceptors (Lipinski definition) is 3. The third-order valence-electron chi connectivity index (χ3n) is 5.75. The normalized spacial score (nSPS) is 25.3. The van der Waals surface area contributed by atoms with Gasteiger partial charge < -0.3 is 14.6 Å². The molecule has 0 aromatic carbocycles. The second-order valence-electron chi connectivity index (χ2n) is 6.91. The molecule has 0 unspecified atom stereocenters. The minimum Gasteiger partial charge on any atom is -0.378 e. The molecule has 1 N–H and O–H groups in total. The highest BCUT2D eigenvalue weighted by Crippen LogP contribution is 2.56. The summed E-state index contributed by atoms with van der Waals surface area (Å²) in [6.45, 7) is 4.27. The zero-order chi connectivity index (χ0) is 16.6. The molecule has 1 aromatic heterocycles. The molecular formula is C18H26N2O3. The maximum atomic E-state index is 12.8. The lowest BCUT2D eigenvalue weighted by Gasteiger charge is -2.56. The summed E-state index contributed by atoms with van der Waals surface area (Å²) in [4.78, 5) is 29.0. The van der Waals surface area contributed by atoms with Gasteiger partial charge in [-0.3, -0.25) is 9.59 Å². The van der Waals surface area contributed by atoms with Crippen LogP contribution in [-0.4, -0.2) is 47.4 Å². The number of nitrogens with one attached hydrogen (secondary N) is 1. The van der Waals surface area contributed by atoms with E-state index in [9.17, 15) is 9.59 Å². The molecule has 1 heterocycles. The summed E-state index contributed by atoms with van der Waals surface area (Å²) in [7, 11) is 1.88. The van der Waals surface area contributed by atoms with Crippen molar-refractivity contribution in [2.24, 2.45) is 5.41 Å². The highest BCUT2D eigenvalue weighted by Gasteiger charge is 2.58. The van der Waals surface area contributed by atoms with Gasteiger partial charge in [0.25, 0.3) is 5.91 Å². The van der Waals surface area contributed by atoms with Gasteiger partial charge in [0.2, 0.25) is 0 Å². The molecule has 2 saturated carbocycles. The predicted molar refractivity (Wildman–Crippen MR) is 87.6 cm³/mol. The van der Waals surface area contributed by atoms with E-state index < -0.39 is 0 Å². The summed E-state index contributed by atoms with van der Waals surface area (Å²) in [5, 5.41) is 0. The summed E-state index contributed by atoms with van der Waals surface area (Å²) in [6.07, 6.45) is 7.53. The number of nitrogens with zero attached hydrogens (tertiary/aromatic N) is 1. The summed E-state index contributed by atoms with van der Waals surface area (Å²) in [6, 6.07) is 1.89. The van der Waals surface area contributed by atoms with Crippen LogP contribution in [0.25, 0.3) is 0 Å². The van der Waals surface area contributed by atoms with E-state index in [2.05, 4.69) is 4.98 Å². The SMILES string of the molecule is CCO[C@@H]1C[C@@H](N(C)C(=O)c2cc(C(C)=O)c[nH]2)C12CCCC2. The van der Waals surface area contributed by atoms with Gasteiger partial charge in [0.1, 0.15) is 5.69 Å². The summed E-state index contributed by atoms with van der Waals surface area (Å²) >= 11 is 0. The summed E-state index contributed by atoms with van der Waals surface area (Å²) in [5.74, 6) is -0.0704. The third kappa shape index (κ3) is 2.61. The molecule has 5 heteroatoms. The average molecular weight is 318 g/mol. The lowest BCUT2D eigenvalue weighted by atomic mass is 9.60. The lowest BCUT2D eigenvalue weighted by Crippen LogP contribution is -2.64. The van der Waals surface area contributed by atoms with Gasteiger partial charge in [0.15, 0.2) is 5.78 Å². The topological polar surface area (TPSA) is 62.4 Å². The molecular weight excluding hydrogens is 292 g/mol. The third-order valence-corrected chi connectivity index (χ3v) is 5.75. The van der Waals surface area contributed by atoms with Crippen LogP contribution < -0.4 is 0 Å². The predicted octanol–water partition coefficient (Wildman–Crippen LogP) is 3.03. The van der Waals surface area contributed by atoms with Crippen molar-refractivity contribution in [3.05, 3.63) is 23.5 Å². The van der Waals surface area contributed by atoms with Gasteiger partial charge in [-0.15, -0.1) is 0 Å². The summed E-state index contributed by atoms with van der Waals surface area (Å²) in [5.41, 5.74) is 1.18. The van der Waals surface area contributed by atoms with E-state index in [0.29, 0.717) is 11.3 Å². The molecule has 2 fully saturated rings. The Kier molecular flexibility index (Phi) is 4.32. The van der Waals surface area contributed by atoms with Crippen LogP contribution in [0.15, 0.2) is 12.3 Å². The first-order valence-corrected chi connectivity index (χ1v) is 8.57. The van der Waals surface area contributed by atoms with Crippen molar-refractivity contribution < 1.29 is 14.3 Å². The van der Waals surface area contributed by atoms with E-state index >= 15 is 0 Å². The zero-order valence-electron chi connectivity index (χ0n) is 14.2. The number of carbonyl (C=O) groups is 2. The number of amides is 1. The number of ether oxygens (including phenoxy) is 1.